The first kappa shape index (κ1) is 11.0. The summed E-state index contributed by atoms with van der Waals surface area (Å²) in [5.41, 5.74) is 0.165. The first-order valence-electron chi connectivity index (χ1n) is 6.95. The second-order valence-corrected chi connectivity index (χ2v) is 5.60. The lowest BCUT2D eigenvalue weighted by molar-refractivity contribution is -0.129. The molecule has 1 N–H and O–H groups in total. The van der Waals surface area contributed by atoms with Gasteiger partial charge >= 0.3 is 0 Å². The Kier molecular flexibility index (Phi) is 2.94. The number of hydrogen-bond acceptors (Lipinski definition) is 3. The fourth-order valence-electron chi connectivity index (χ4n) is 3.49. The molecule has 3 rings (SSSR count). The van der Waals surface area contributed by atoms with E-state index in [1.807, 2.05) is 0 Å². The van der Waals surface area contributed by atoms with E-state index in [1.54, 1.807) is 0 Å². The maximum Gasteiger partial charge on any atom is 0.0859 e. The Hall–Kier alpha value is -0.120. The van der Waals surface area contributed by atoms with Gasteiger partial charge < -0.3 is 15.0 Å². The molecule has 0 aromatic rings. The van der Waals surface area contributed by atoms with E-state index in [1.165, 1.54) is 45.2 Å². The molecular formula is C13H24N2O. The van der Waals surface area contributed by atoms with Crippen LogP contribution in [-0.2, 0) is 4.74 Å². The third-order valence-electron chi connectivity index (χ3n) is 4.63. The first-order valence-corrected chi connectivity index (χ1v) is 6.95. The number of piperidine rings is 1. The van der Waals surface area contributed by atoms with E-state index in [4.69, 9.17) is 4.74 Å². The average Bonchev–Trinajstić information content (AvgIpc) is 3.15. The molecule has 2 aliphatic heterocycles. The van der Waals surface area contributed by atoms with Gasteiger partial charge in [-0.15, -0.1) is 0 Å². The van der Waals surface area contributed by atoms with Gasteiger partial charge in [-0.3, -0.25) is 0 Å². The number of likely N-dealkylation sites (tertiary alicyclic amines) is 1. The second kappa shape index (κ2) is 4.28. The van der Waals surface area contributed by atoms with E-state index in [2.05, 4.69) is 17.1 Å². The standard InChI is InChI=1S/C13H24N2O/c1-2-12-13(16-10-7-14-12)5-8-15(9-6-13)11-3-4-11/h11-12,14H,2-10H2,1H3. The SMILES string of the molecule is CCC1NCCOC12CCN(C1CC1)CC2. The molecule has 3 heteroatoms. The van der Waals surface area contributed by atoms with Crippen molar-refractivity contribution in [1.29, 1.82) is 0 Å². The lowest BCUT2D eigenvalue weighted by Gasteiger charge is -2.49. The molecular weight excluding hydrogens is 200 g/mol. The van der Waals surface area contributed by atoms with Crippen molar-refractivity contribution in [3.8, 4) is 0 Å². The fourth-order valence-corrected chi connectivity index (χ4v) is 3.49. The summed E-state index contributed by atoms with van der Waals surface area (Å²) in [6.07, 6.45) is 6.53. The van der Waals surface area contributed by atoms with Crippen LogP contribution in [0.15, 0.2) is 0 Å². The summed E-state index contributed by atoms with van der Waals surface area (Å²) in [7, 11) is 0. The number of ether oxygens (including phenoxy) is 1. The molecule has 0 amide bonds. The molecule has 1 spiro atoms. The molecule has 0 aromatic carbocycles. The van der Waals surface area contributed by atoms with Gasteiger partial charge in [0.05, 0.1) is 12.2 Å². The van der Waals surface area contributed by atoms with Crippen LogP contribution in [0.5, 0.6) is 0 Å². The van der Waals surface area contributed by atoms with Crippen molar-refractivity contribution in [1.82, 2.24) is 10.2 Å². The Balaban J connectivity index is 1.64. The smallest absolute Gasteiger partial charge is 0.0859 e. The van der Waals surface area contributed by atoms with Crippen molar-refractivity contribution in [3.05, 3.63) is 0 Å². The number of nitrogens with one attached hydrogen (secondary N) is 1. The average molecular weight is 224 g/mol. The van der Waals surface area contributed by atoms with E-state index in [9.17, 15) is 0 Å². The summed E-state index contributed by atoms with van der Waals surface area (Å²) in [6.45, 7) is 6.72. The van der Waals surface area contributed by atoms with Crippen molar-refractivity contribution in [3.63, 3.8) is 0 Å². The molecule has 2 heterocycles. The van der Waals surface area contributed by atoms with E-state index >= 15 is 0 Å². The number of nitrogens with zero attached hydrogens (tertiary/aromatic N) is 1. The van der Waals surface area contributed by atoms with E-state index in [-0.39, 0.29) is 5.60 Å². The first-order chi connectivity index (χ1) is 7.84. The summed E-state index contributed by atoms with van der Waals surface area (Å²) in [5.74, 6) is 0. The molecule has 0 radical (unpaired) electrons. The van der Waals surface area contributed by atoms with Gasteiger partial charge in [0.25, 0.3) is 0 Å². The van der Waals surface area contributed by atoms with Crippen molar-refractivity contribution in [2.75, 3.05) is 26.2 Å². The minimum absolute atomic E-state index is 0.165. The third kappa shape index (κ3) is 1.89. The number of morpholine rings is 1. The van der Waals surface area contributed by atoms with Crippen LogP contribution in [0.25, 0.3) is 0 Å². The normalized spacial score (nSPS) is 35.4. The summed E-state index contributed by atoms with van der Waals surface area (Å²) in [5, 5.41) is 3.65. The maximum absolute atomic E-state index is 6.17. The fraction of sp³-hybridized carbons (Fsp3) is 1.00. The molecule has 16 heavy (non-hydrogen) atoms. The van der Waals surface area contributed by atoms with Crippen LogP contribution >= 0.6 is 0 Å². The van der Waals surface area contributed by atoms with Crippen LogP contribution < -0.4 is 5.32 Å². The monoisotopic (exact) mass is 224 g/mol. The zero-order valence-corrected chi connectivity index (χ0v) is 10.4. The highest BCUT2D eigenvalue weighted by atomic mass is 16.5. The zero-order chi connectivity index (χ0) is 11.0. The Morgan fingerprint density at radius 3 is 2.69 bits per heavy atom. The van der Waals surface area contributed by atoms with Gasteiger partial charge in [-0.1, -0.05) is 6.92 Å². The molecule has 1 aliphatic carbocycles. The van der Waals surface area contributed by atoms with Gasteiger partial charge in [0.15, 0.2) is 0 Å². The molecule has 0 bridgehead atoms. The molecule has 1 unspecified atom stereocenters. The Morgan fingerprint density at radius 1 is 1.31 bits per heavy atom. The van der Waals surface area contributed by atoms with Crippen molar-refractivity contribution < 1.29 is 4.74 Å². The van der Waals surface area contributed by atoms with E-state index < -0.39 is 0 Å². The van der Waals surface area contributed by atoms with Gasteiger partial charge in [0.1, 0.15) is 0 Å². The summed E-state index contributed by atoms with van der Waals surface area (Å²) in [6, 6.07) is 1.51. The lowest BCUT2D eigenvalue weighted by Crippen LogP contribution is -2.61. The van der Waals surface area contributed by atoms with Crippen molar-refractivity contribution in [2.45, 2.75) is 56.7 Å². The van der Waals surface area contributed by atoms with Gasteiger partial charge in [-0.2, -0.15) is 0 Å². The van der Waals surface area contributed by atoms with E-state index in [0.29, 0.717) is 6.04 Å². The molecule has 1 atom stereocenters. The molecule has 3 aliphatic rings. The number of hydrogen-bond donors (Lipinski definition) is 1. The predicted molar refractivity (Wildman–Crippen MR) is 64.6 cm³/mol. The van der Waals surface area contributed by atoms with Crippen molar-refractivity contribution in [2.24, 2.45) is 0 Å². The van der Waals surface area contributed by atoms with Crippen LogP contribution in [0.4, 0.5) is 0 Å². The van der Waals surface area contributed by atoms with Gasteiger partial charge in [0.2, 0.25) is 0 Å². The largest absolute Gasteiger partial charge is 0.372 e. The highest BCUT2D eigenvalue weighted by Gasteiger charge is 2.45. The van der Waals surface area contributed by atoms with Crippen LogP contribution in [0.3, 0.4) is 0 Å². The predicted octanol–water partition coefficient (Wildman–Crippen LogP) is 1.38. The second-order valence-electron chi connectivity index (χ2n) is 5.60. The quantitative estimate of drug-likeness (QED) is 0.767. The summed E-state index contributed by atoms with van der Waals surface area (Å²) in [4.78, 5) is 2.68. The third-order valence-corrected chi connectivity index (χ3v) is 4.63. The molecule has 1 saturated carbocycles. The number of rotatable bonds is 2. The topological polar surface area (TPSA) is 24.5 Å². The molecule has 3 fully saturated rings. The zero-order valence-electron chi connectivity index (χ0n) is 10.4. The van der Waals surface area contributed by atoms with Gasteiger partial charge in [-0.05, 0) is 32.1 Å². The lowest BCUT2D eigenvalue weighted by atomic mass is 9.81. The van der Waals surface area contributed by atoms with Crippen molar-refractivity contribution >= 4 is 0 Å². The Bertz CT molecular complexity index is 244. The van der Waals surface area contributed by atoms with Gasteiger partial charge in [0, 0.05) is 31.7 Å². The van der Waals surface area contributed by atoms with Crippen LogP contribution in [0.2, 0.25) is 0 Å². The summed E-state index contributed by atoms with van der Waals surface area (Å²) >= 11 is 0. The van der Waals surface area contributed by atoms with Crippen LogP contribution in [-0.4, -0.2) is 48.8 Å². The van der Waals surface area contributed by atoms with Crippen LogP contribution in [0, 0.1) is 0 Å². The minimum Gasteiger partial charge on any atom is -0.372 e. The highest BCUT2D eigenvalue weighted by Crippen LogP contribution is 2.37. The van der Waals surface area contributed by atoms with Crippen LogP contribution in [0.1, 0.15) is 39.0 Å². The minimum atomic E-state index is 0.165. The maximum atomic E-state index is 6.17. The molecule has 2 saturated heterocycles. The Morgan fingerprint density at radius 2 is 2.06 bits per heavy atom. The molecule has 3 nitrogen and oxygen atoms in total. The highest BCUT2D eigenvalue weighted by molar-refractivity contribution is 5.01. The molecule has 92 valence electrons. The Labute approximate surface area is 98.5 Å². The molecule has 0 aromatic heterocycles. The summed E-state index contributed by atoms with van der Waals surface area (Å²) < 4.78 is 6.17. The van der Waals surface area contributed by atoms with E-state index in [0.717, 1.165) is 19.2 Å². The van der Waals surface area contributed by atoms with Gasteiger partial charge in [-0.25, -0.2) is 0 Å².